The van der Waals surface area contributed by atoms with Gasteiger partial charge in [-0.05, 0) is 39.5 Å². The number of piperidine rings is 1. The zero-order valence-electron chi connectivity index (χ0n) is 9.31. The second-order valence-electron chi connectivity index (χ2n) is 5.32. The van der Waals surface area contributed by atoms with Crippen LogP contribution in [0.2, 0.25) is 0 Å². The number of hydrogen-bond donors (Lipinski definition) is 0. The lowest BCUT2D eigenvalue weighted by atomic mass is 9.76. The summed E-state index contributed by atoms with van der Waals surface area (Å²) in [7, 11) is 0. The van der Waals surface area contributed by atoms with Gasteiger partial charge in [0.15, 0.2) is 0 Å². The summed E-state index contributed by atoms with van der Waals surface area (Å²) in [6.45, 7) is 9.18. The summed E-state index contributed by atoms with van der Waals surface area (Å²) in [6.07, 6.45) is 2.44. The molecule has 4 heteroatoms. The van der Waals surface area contributed by atoms with Gasteiger partial charge in [-0.3, -0.25) is 0 Å². The molecule has 0 bridgehead atoms. The number of rotatable bonds is 2. The van der Waals surface area contributed by atoms with Crippen LogP contribution < -0.4 is 0 Å². The van der Waals surface area contributed by atoms with Crippen LogP contribution in [0.15, 0.2) is 0 Å². The summed E-state index contributed by atoms with van der Waals surface area (Å²) in [4.78, 5) is 0. The van der Waals surface area contributed by atoms with E-state index in [-0.39, 0.29) is 11.1 Å². The van der Waals surface area contributed by atoms with Crippen molar-refractivity contribution in [3.63, 3.8) is 0 Å². The molecule has 0 aliphatic carbocycles. The maximum atomic E-state index is 5.56. The van der Waals surface area contributed by atoms with Crippen molar-refractivity contribution >= 4 is 45.6 Å². The van der Waals surface area contributed by atoms with Crippen LogP contribution in [0, 0.1) is 5.92 Å². The molecule has 14 heavy (non-hydrogen) atoms. The molecule has 1 fully saturated rings. The number of halogens is 2. The van der Waals surface area contributed by atoms with Gasteiger partial charge in [0.25, 0.3) is 0 Å². The number of nitrogens with zero attached hydrogens (tertiary/aromatic N) is 1. The maximum absolute atomic E-state index is 5.56. The molecule has 1 heterocycles. The molecule has 0 spiro atoms. The Labute approximate surface area is 115 Å². The van der Waals surface area contributed by atoms with E-state index < -0.39 is 0 Å². The lowest BCUT2D eigenvalue weighted by Crippen LogP contribution is -2.61. The predicted molar refractivity (Wildman–Crippen MR) is 76.7 cm³/mol. The monoisotopic (exact) mass is 423 g/mol. The Morgan fingerprint density at radius 1 is 1.36 bits per heavy atom. The molecule has 84 valence electrons. The highest BCUT2D eigenvalue weighted by atomic mass is 127. The molecule has 0 N–H and O–H groups in total. The van der Waals surface area contributed by atoms with E-state index in [0.29, 0.717) is 0 Å². The van der Waals surface area contributed by atoms with Crippen molar-refractivity contribution in [3.05, 3.63) is 0 Å². The first-order chi connectivity index (χ1) is 6.35. The molecular weight excluding hydrogens is 404 g/mol. The SMILES string of the molecule is CC1CC(C)(C)N(OI)C(C)(CI)C1. The van der Waals surface area contributed by atoms with Gasteiger partial charge >= 0.3 is 0 Å². The van der Waals surface area contributed by atoms with Crippen molar-refractivity contribution in [2.24, 2.45) is 5.92 Å². The molecule has 1 aliphatic rings. The minimum Gasteiger partial charge on any atom is -0.229 e. The van der Waals surface area contributed by atoms with Crippen LogP contribution in [0.25, 0.3) is 0 Å². The molecule has 2 unspecified atom stereocenters. The van der Waals surface area contributed by atoms with E-state index in [1.165, 1.54) is 12.8 Å². The fourth-order valence-corrected chi connectivity index (χ4v) is 4.49. The van der Waals surface area contributed by atoms with Gasteiger partial charge in [-0.1, -0.05) is 29.5 Å². The molecule has 1 saturated heterocycles. The van der Waals surface area contributed by atoms with Gasteiger partial charge in [0.2, 0.25) is 0 Å². The van der Waals surface area contributed by atoms with E-state index in [2.05, 4.69) is 55.3 Å². The first-order valence-corrected chi connectivity index (χ1v) is 7.41. The van der Waals surface area contributed by atoms with E-state index in [1.54, 1.807) is 0 Å². The Balaban J connectivity index is 2.94. The first-order valence-electron chi connectivity index (χ1n) is 5.01. The van der Waals surface area contributed by atoms with Crippen LogP contribution in [-0.4, -0.2) is 20.6 Å². The molecule has 0 radical (unpaired) electrons. The Kier molecular flexibility index (Phi) is 4.52. The zero-order valence-corrected chi connectivity index (χ0v) is 13.6. The highest BCUT2D eigenvalue weighted by Crippen LogP contribution is 2.43. The largest absolute Gasteiger partial charge is 0.229 e. The zero-order chi connectivity index (χ0) is 11.0. The number of hydroxylamine groups is 2. The van der Waals surface area contributed by atoms with E-state index in [0.717, 1.165) is 10.3 Å². The fourth-order valence-electron chi connectivity index (χ4n) is 2.86. The topological polar surface area (TPSA) is 12.5 Å². The predicted octanol–water partition coefficient (Wildman–Crippen LogP) is 3.97. The molecule has 1 aliphatic heterocycles. The molecule has 0 amide bonds. The third-order valence-electron chi connectivity index (χ3n) is 3.03. The van der Waals surface area contributed by atoms with Crippen LogP contribution in [0.1, 0.15) is 40.5 Å². The third-order valence-corrected chi connectivity index (χ3v) is 5.07. The molecular formula is C10H19I2NO. The van der Waals surface area contributed by atoms with Gasteiger partial charge in [0.1, 0.15) is 23.0 Å². The van der Waals surface area contributed by atoms with Crippen molar-refractivity contribution in [1.82, 2.24) is 5.06 Å². The van der Waals surface area contributed by atoms with E-state index in [1.807, 2.05) is 23.0 Å². The second-order valence-corrected chi connectivity index (χ2v) is 6.48. The van der Waals surface area contributed by atoms with Gasteiger partial charge in [0.05, 0.1) is 5.54 Å². The summed E-state index contributed by atoms with van der Waals surface area (Å²) in [5, 5.41) is 2.19. The normalized spacial score (nSPS) is 38.6. The van der Waals surface area contributed by atoms with Gasteiger partial charge in [-0.2, -0.15) is 5.06 Å². The second kappa shape index (κ2) is 4.71. The summed E-state index contributed by atoms with van der Waals surface area (Å²) in [5.74, 6) is 0.785. The van der Waals surface area contributed by atoms with E-state index >= 15 is 0 Å². The van der Waals surface area contributed by atoms with Crippen molar-refractivity contribution in [2.45, 2.75) is 51.6 Å². The molecule has 2 nitrogen and oxygen atoms in total. The smallest absolute Gasteiger partial charge is 0.137 e. The molecule has 2 atom stereocenters. The lowest BCUT2D eigenvalue weighted by Gasteiger charge is -2.53. The maximum Gasteiger partial charge on any atom is 0.137 e. The Morgan fingerprint density at radius 3 is 2.36 bits per heavy atom. The van der Waals surface area contributed by atoms with Crippen LogP contribution in [-0.2, 0) is 3.17 Å². The van der Waals surface area contributed by atoms with Gasteiger partial charge < -0.3 is 0 Å². The molecule has 1 rings (SSSR count). The van der Waals surface area contributed by atoms with Crippen molar-refractivity contribution in [3.8, 4) is 0 Å². The van der Waals surface area contributed by atoms with Gasteiger partial charge in [0, 0.05) is 9.97 Å². The summed E-state index contributed by atoms with van der Waals surface area (Å²) in [6, 6.07) is 0. The van der Waals surface area contributed by atoms with Crippen LogP contribution in [0.4, 0.5) is 0 Å². The van der Waals surface area contributed by atoms with Crippen molar-refractivity contribution < 1.29 is 3.17 Å². The molecule has 0 aromatic rings. The summed E-state index contributed by atoms with van der Waals surface area (Å²) in [5.41, 5.74) is 0.335. The Morgan fingerprint density at radius 2 is 1.93 bits per heavy atom. The molecule has 0 aromatic carbocycles. The first kappa shape index (κ1) is 13.4. The quantitative estimate of drug-likeness (QED) is 0.493. The van der Waals surface area contributed by atoms with E-state index in [4.69, 9.17) is 3.17 Å². The Bertz CT molecular complexity index is 210. The van der Waals surface area contributed by atoms with Crippen LogP contribution in [0.3, 0.4) is 0 Å². The average molecular weight is 423 g/mol. The van der Waals surface area contributed by atoms with Crippen molar-refractivity contribution in [1.29, 1.82) is 0 Å². The number of hydrogen-bond acceptors (Lipinski definition) is 2. The van der Waals surface area contributed by atoms with Crippen molar-refractivity contribution in [2.75, 3.05) is 4.43 Å². The lowest BCUT2D eigenvalue weighted by molar-refractivity contribution is -0.197. The van der Waals surface area contributed by atoms with Gasteiger partial charge in [-0.25, -0.2) is 3.17 Å². The van der Waals surface area contributed by atoms with E-state index in [9.17, 15) is 0 Å². The summed E-state index contributed by atoms with van der Waals surface area (Å²) >= 11 is 4.47. The summed E-state index contributed by atoms with van der Waals surface area (Å²) < 4.78 is 6.67. The molecule has 0 aromatic heterocycles. The minimum atomic E-state index is 0.152. The van der Waals surface area contributed by atoms with Crippen LogP contribution >= 0.6 is 45.6 Å². The highest BCUT2D eigenvalue weighted by molar-refractivity contribution is 14.1. The third kappa shape index (κ3) is 2.55. The van der Waals surface area contributed by atoms with Gasteiger partial charge in [-0.15, -0.1) is 0 Å². The molecule has 0 saturated carbocycles. The van der Waals surface area contributed by atoms with Crippen LogP contribution in [0.5, 0.6) is 0 Å². The Hall–Kier alpha value is 1.38. The highest BCUT2D eigenvalue weighted by Gasteiger charge is 2.47. The fraction of sp³-hybridized carbons (Fsp3) is 1.00. The standard InChI is InChI=1S/C10H19I2NO/c1-8-5-9(2,3)13(14-12)10(4,6-8)7-11/h8H,5-7H2,1-4H3. The minimum absolute atomic E-state index is 0.152. The average Bonchev–Trinajstić information content (AvgIpc) is 2.01. The number of alkyl halides is 1.